The van der Waals surface area contributed by atoms with Crippen molar-refractivity contribution in [1.29, 1.82) is 0 Å². The lowest BCUT2D eigenvalue weighted by Crippen LogP contribution is -2.37. The summed E-state index contributed by atoms with van der Waals surface area (Å²) in [4.78, 5) is 21.0. The Kier molecular flexibility index (Phi) is 6.74. The van der Waals surface area contributed by atoms with E-state index in [9.17, 15) is 9.18 Å². The molecule has 1 saturated heterocycles. The molecule has 8 nitrogen and oxygen atoms in total. The Morgan fingerprint density at radius 1 is 1.46 bits per heavy atom. The first kappa shape index (κ1) is 17.9. The number of aromatic nitrogens is 2. The molecular weight excluding hydrogens is 319 g/mol. The van der Waals surface area contributed by atoms with Gasteiger partial charge in [-0.1, -0.05) is 0 Å². The van der Waals surface area contributed by atoms with E-state index in [4.69, 9.17) is 14.6 Å². The molecule has 132 valence electrons. The molecule has 0 atom stereocenters. The summed E-state index contributed by atoms with van der Waals surface area (Å²) in [6.45, 7) is 1.43. The number of piperidine rings is 1. The minimum absolute atomic E-state index is 0.0846. The van der Waals surface area contributed by atoms with Gasteiger partial charge in [0.15, 0.2) is 5.75 Å². The van der Waals surface area contributed by atoms with Crippen LogP contribution in [0.3, 0.4) is 0 Å². The van der Waals surface area contributed by atoms with Crippen LogP contribution in [-0.2, 0) is 4.74 Å². The van der Waals surface area contributed by atoms with Crippen LogP contribution in [0.25, 0.3) is 0 Å². The Balaban J connectivity index is 1.82. The Bertz CT molecular complexity index is 559. The summed E-state index contributed by atoms with van der Waals surface area (Å²) < 4.78 is 23.3. The van der Waals surface area contributed by atoms with Gasteiger partial charge >= 0.3 is 6.09 Å². The van der Waals surface area contributed by atoms with Crippen LogP contribution >= 0.6 is 0 Å². The zero-order valence-corrected chi connectivity index (χ0v) is 13.4. The van der Waals surface area contributed by atoms with Gasteiger partial charge in [0, 0.05) is 32.3 Å². The van der Waals surface area contributed by atoms with E-state index in [1.54, 1.807) is 7.11 Å². The summed E-state index contributed by atoms with van der Waals surface area (Å²) in [5.74, 6) is 1.01. The predicted molar refractivity (Wildman–Crippen MR) is 85.0 cm³/mol. The Morgan fingerprint density at radius 2 is 2.12 bits per heavy atom. The maximum Gasteiger partial charge on any atom is 0.404 e. The van der Waals surface area contributed by atoms with Crippen molar-refractivity contribution in [2.24, 2.45) is 0 Å². The summed E-state index contributed by atoms with van der Waals surface area (Å²) >= 11 is 0. The first-order valence-electron chi connectivity index (χ1n) is 7.60. The lowest BCUT2D eigenvalue weighted by Gasteiger charge is -2.31. The van der Waals surface area contributed by atoms with Gasteiger partial charge in [-0.3, -0.25) is 0 Å². The minimum Gasteiger partial charge on any atom is -0.486 e. The molecule has 1 aliphatic heterocycles. The third-order valence-electron chi connectivity index (χ3n) is 3.72. The molecule has 1 amide bonds. The number of rotatable bonds is 7. The van der Waals surface area contributed by atoms with Crippen LogP contribution in [0.15, 0.2) is 24.3 Å². The molecule has 0 bridgehead atoms. The molecule has 0 radical (unpaired) electrons. The molecule has 1 fully saturated rings. The first-order valence-corrected chi connectivity index (χ1v) is 7.60. The van der Waals surface area contributed by atoms with E-state index >= 15 is 0 Å². The molecule has 2 N–H and O–H groups in total. The Morgan fingerprint density at radius 3 is 2.67 bits per heavy atom. The highest BCUT2D eigenvalue weighted by Gasteiger charge is 2.20. The lowest BCUT2D eigenvalue weighted by molar-refractivity contribution is 0.0816. The van der Waals surface area contributed by atoms with Gasteiger partial charge in [0.05, 0.1) is 24.8 Å². The van der Waals surface area contributed by atoms with E-state index in [2.05, 4.69) is 20.2 Å². The minimum atomic E-state index is -1.22. The summed E-state index contributed by atoms with van der Waals surface area (Å²) in [5, 5.41) is 10.6. The van der Waals surface area contributed by atoms with Crippen molar-refractivity contribution in [3.63, 3.8) is 0 Å². The number of nitrogens with one attached hydrogen (secondary N) is 1. The zero-order chi connectivity index (χ0) is 17.4. The number of nitrogens with zero attached hydrogens (tertiary/aromatic N) is 3. The number of halogens is 1. The van der Waals surface area contributed by atoms with Crippen molar-refractivity contribution in [3.05, 3.63) is 24.3 Å². The van der Waals surface area contributed by atoms with Crippen LogP contribution in [0, 0.1) is 0 Å². The monoisotopic (exact) mass is 340 g/mol. The average molecular weight is 340 g/mol. The van der Waals surface area contributed by atoms with Crippen molar-refractivity contribution in [3.8, 4) is 5.75 Å². The standard InChI is InChI=1S/C15H21FN4O4/c1-23-12-2-4-20(5-3-12)14-17-8-13(9-18-14)24-10-11(6-16)7-19-15(21)22/h6,8-9,12,19H,2-5,7,10H2,1H3,(H,21,22)/b11-6+. The molecule has 0 unspecified atom stereocenters. The van der Waals surface area contributed by atoms with Crippen molar-refractivity contribution in [2.75, 3.05) is 38.3 Å². The zero-order valence-electron chi connectivity index (χ0n) is 13.4. The summed E-state index contributed by atoms with van der Waals surface area (Å²) in [6, 6.07) is 0. The second kappa shape index (κ2) is 9.02. The van der Waals surface area contributed by atoms with E-state index in [1.165, 1.54) is 12.4 Å². The molecular formula is C15H21FN4O4. The number of carboxylic acid groups (broad SMARTS) is 1. The number of amides is 1. The normalized spacial score (nSPS) is 16.1. The number of ether oxygens (including phenoxy) is 2. The van der Waals surface area contributed by atoms with Gasteiger partial charge in [-0.15, -0.1) is 0 Å². The molecule has 9 heteroatoms. The first-order chi connectivity index (χ1) is 11.6. The van der Waals surface area contributed by atoms with Gasteiger partial charge < -0.3 is 24.8 Å². The van der Waals surface area contributed by atoms with Crippen LogP contribution in [0.5, 0.6) is 5.75 Å². The fraction of sp³-hybridized carbons (Fsp3) is 0.533. The maximum absolute atomic E-state index is 12.7. The Hall–Kier alpha value is -2.42. The molecule has 2 heterocycles. The van der Waals surface area contributed by atoms with E-state index in [-0.39, 0.29) is 24.8 Å². The van der Waals surface area contributed by atoms with Gasteiger partial charge in [0.25, 0.3) is 0 Å². The third kappa shape index (κ3) is 5.34. The van der Waals surface area contributed by atoms with Crippen LogP contribution in [-0.4, -0.2) is 60.6 Å². The number of hydrogen-bond acceptors (Lipinski definition) is 6. The number of carbonyl (C=O) groups is 1. The molecule has 1 aliphatic rings. The molecule has 0 saturated carbocycles. The lowest BCUT2D eigenvalue weighted by atomic mass is 10.1. The van der Waals surface area contributed by atoms with E-state index in [0.29, 0.717) is 18.0 Å². The van der Waals surface area contributed by atoms with Crippen molar-refractivity contribution >= 4 is 12.0 Å². The SMILES string of the molecule is COC1CCN(c2ncc(OC/C(=C/F)CNC(=O)O)cn2)CC1. The number of hydrogen-bond donors (Lipinski definition) is 2. The summed E-state index contributed by atoms with van der Waals surface area (Å²) in [7, 11) is 1.72. The molecule has 2 rings (SSSR count). The topological polar surface area (TPSA) is 96.8 Å². The smallest absolute Gasteiger partial charge is 0.404 e. The highest BCUT2D eigenvalue weighted by atomic mass is 19.1. The van der Waals surface area contributed by atoms with E-state index < -0.39 is 6.09 Å². The summed E-state index contributed by atoms with van der Waals surface area (Å²) in [6.07, 6.45) is 4.29. The van der Waals surface area contributed by atoms with Gasteiger partial charge in [-0.05, 0) is 12.8 Å². The second-order valence-electron chi connectivity index (χ2n) is 5.36. The fourth-order valence-electron chi connectivity index (χ4n) is 2.32. The second-order valence-corrected chi connectivity index (χ2v) is 5.36. The third-order valence-corrected chi connectivity index (χ3v) is 3.72. The molecule has 24 heavy (non-hydrogen) atoms. The molecule has 1 aromatic heterocycles. The van der Waals surface area contributed by atoms with Crippen LogP contribution in [0.4, 0.5) is 15.1 Å². The van der Waals surface area contributed by atoms with Gasteiger partial charge in [-0.25, -0.2) is 19.2 Å². The number of methoxy groups -OCH3 is 1. The van der Waals surface area contributed by atoms with Crippen molar-refractivity contribution in [1.82, 2.24) is 15.3 Å². The van der Waals surface area contributed by atoms with Gasteiger partial charge in [0.2, 0.25) is 5.95 Å². The molecule has 0 aromatic carbocycles. The molecule has 0 spiro atoms. The van der Waals surface area contributed by atoms with Crippen molar-refractivity contribution < 1.29 is 23.8 Å². The molecule has 0 aliphatic carbocycles. The highest BCUT2D eigenvalue weighted by molar-refractivity contribution is 5.64. The number of anilines is 1. The van der Waals surface area contributed by atoms with Crippen LogP contribution in [0.1, 0.15) is 12.8 Å². The molecule has 1 aromatic rings. The Labute approximate surface area is 139 Å². The van der Waals surface area contributed by atoms with Crippen LogP contribution in [0.2, 0.25) is 0 Å². The fourth-order valence-corrected chi connectivity index (χ4v) is 2.32. The highest BCUT2D eigenvalue weighted by Crippen LogP contribution is 2.19. The largest absolute Gasteiger partial charge is 0.486 e. The average Bonchev–Trinajstić information content (AvgIpc) is 2.62. The maximum atomic E-state index is 12.7. The summed E-state index contributed by atoms with van der Waals surface area (Å²) in [5.41, 5.74) is 0.170. The van der Waals surface area contributed by atoms with Crippen molar-refractivity contribution in [2.45, 2.75) is 18.9 Å². The van der Waals surface area contributed by atoms with E-state index in [0.717, 1.165) is 25.9 Å². The quantitative estimate of drug-likeness (QED) is 0.778. The van der Waals surface area contributed by atoms with Gasteiger partial charge in [-0.2, -0.15) is 0 Å². The van der Waals surface area contributed by atoms with Gasteiger partial charge in [0.1, 0.15) is 6.61 Å². The predicted octanol–water partition coefficient (Wildman–Crippen LogP) is 1.59. The van der Waals surface area contributed by atoms with E-state index in [1.807, 2.05) is 0 Å². The van der Waals surface area contributed by atoms with Crippen LogP contribution < -0.4 is 15.0 Å².